The second-order valence-electron chi connectivity index (χ2n) is 4.09. The van der Waals surface area contributed by atoms with Crippen LogP contribution in [-0.4, -0.2) is 11.3 Å². The average molecular weight is 288 g/mol. The van der Waals surface area contributed by atoms with Gasteiger partial charge in [-0.25, -0.2) is 4.99 Å². The van der Waals surface area contributed by atoms with E-state index in [1.54, 1.807) is 0 Å². The van der Waals surface area contributed by atoms with Gasteiger partial charge in [-0.2, -0.15) is 0 Å². The molecule has 0 amide bonds. The predicted octanol–water partition coefficient (Wildman–Crippen LogP) is 3.50. The molecule has 102 valence electrons. The van der Waals surface area contributed by atoms with Gasteiger partial charge in [0.1, 0.15) is 5.75 Å². The molecule has 0 spiro atoms. The summed E-state index contributed by atoms with van der Waals surface area (Å²) >= 11 is 5.75. The van der Waals surface area contributed by atoms with Crippen LogP contribution in [-0.2, 0) is 0 Å². The first-order valence-electron chi connectivity index (χ1n) is 5.95. The van der Waals surface area contributed by atoms with E-state index in [4.69, 9.17) is 22.1 Å². The number of pyridine rings is 1. The van der Waals surface area contributed by atoms with E-state index in [2.05, 4.69) is 16.6 Å². The van der Waals surface area contributed by atoms with Gasteiger partial charge in [0, 0.05) is 28.3 Å². The molecule has 0 saturated heterocycles. The van der Waals surface area contributed by atoms with Crippen molar-refractivity contribution in [1.29, 1.82) is 0 Å². The number of hydrogen-bond acceptors (Lipinski definition) is 3. The molecule has 1 heterocycles. The fourth-order valence-electron chi connectivity index (χ4n) is 1.77. The van der Waals surface area contributed by atoms with Crippen LogP contribution in [0, 0.1) is 6.92 Å². The molecule has 0 bridgehead atoms. The van der Waals surface area contributed by atoms with Crippen LogP contribution in [0.2, 0.25) is 0 Å². The lowest BCUT2D eigenvalue weighted by Gasteiger charge is -2.09. The number of allylic oxidation sites excluding steroid dienone is 2. The van der Waals surface area contributed by atoms with Gasteiger partial charge < -0.3 is 10.5 Å². The highest BCUT2D eigenvalue weighted by Crippen LogP contribution is 2.27. The van der Waals surface area contributed by atoms with E-state index in [0.29, 0.717) is 10.8 Å². The Kier molecular flexibility index (Phi) is 4.38. The third kappa shape index (κ3) is 3.36. The lowest BCUT2D eigenvalue weighted by Crippen LogP contribution is -1.99. The van der Waals surface area contributed by atoms with Gasteiger partial charge in [-0.15, -0.1) is 0 Å². The Morgan fingerprint density at radius 1 is 1.45 bits per heavy atom. The summed E-state index contributed by atoms with van der Waals surface area (Å²) in [7, 11) is 0. The standard InChI is InChI=1S/C15H14ClN3O/c1-10(16)7-15(18-9-17)20-14-8-11(2)19-13-6-4-3-5-12(13)14/h3-9H,1H2,2H3,(H2,17,18)/b15-7+. The van der Waals surface area contributed by atoms with Crippen molar-refractivity contribution in [2.45, 2.75) is 6.92 Å². The van der Waals surface area contributed by atoms with Crippen molar-refractivity contribution in [3.8, 4) is 5.75 Å². The topological polar surface area (TPSA) is 60.5 Å². The molecule has 20 heavy (non-hydrogen) atoms. The second-order valence-corrected chi connectivity index (χ2v) is 4.57. The first-order valence-corrected chi connectivity index (χ1v) is 6.32. The zero-order valence-corrected chi connectivity index (χ0v) is 11.8. The van der Waals surface area contributed by atoms with E-state index in [-0.39, 0.29) is 5.88 Å². The smallest absolute Gasteiger partial charge is 0.222 e. The molecule has 2 rings (SSSR count). The summed E-state index contributed by atoms with van der Waals surface area (Å²) in [5.74, 6) is 0.908. The molecule has 2 N–H and O–H groups in total. The molecule has 0 fully saturated rings. The van der Waals surface area contributed by atoms with Crippen molar-refractivity contribution < 1.29 is 4.74 Å². The van der Waals surface area contributed by atoms with Crippen LogP contribution in [0.25, 0.3) is 10.9 Å². The number of benzene rings is 1. The van der Waals surface area contributed by atoms with Gasteiger partial charge >= 0.3 is 0 Å². The lowest BCUT2D eigenvalue weighted by atomic mass is 10.2. The normalized spacial score (nSPS) is 12.0. The summed E-state index contributed by atoms with van der Waals surface area (Å²) in [5, 5.41) is 1.19. The largest absolute Gasteiger partial charge is 0.438 e. The van der Waals surface area contributed by atoms with Crippen LogP contribution in [0.4, 0.5) is 0 Å². The zero-order chi connectivity index (χ0) is 14.5. The Hall–Kier alpha value is -2.33. The number of fused-ring (bicyclic) bond motifs is 1. The van der Waals surface area contributed by atoms with Gasteiger partial charge in [0.15, 0.2) is 0 Å². The molecule has 0 saturated carbocycles. The third-order valence-electron chi connectivity index (χ3n) is 2.50. The zero-order valence-electron chi connectivity index (χ0n) is 11.0. The number of aromatic nitrogens is 1. The van der Waals surface area contributed by atoms with Crippen LogP contribution in [0.15, 0.2) is 58.9 Å². The highest BCUT2D eigenvalue weighted by molar-refractivity contribution is 6.30. The minimum Gasteiger partial charge on any atom is -0.438 e. The quantitative estimate of drug-likeness (QED) is 0.405. The third-order valence-corrected chi connectivity index (χ3v) is 2.61. The van der Waals surface area contributed by atoms with Crippen LogP contribution < -0.4 is 10.5 Å². The van der Waals surface area contributed by atoms with Gasteiger partial charge in [-0.3, -0.25) is 4.98 Å². The molecule has 5 heteroatoms. The molecule has 1 aromatic heterocycles. The van der Waals surface area contributed by atoms with Crippen molar-refractivity contribution >= 4 is 28.8 Å². The van der Waals surface area contributed by atoms with Crippen LogP contribution in [0.1, 0.15) is 5.69 Å². The molecular formula is C15H14ClN3O. The first-order chi connectivity index (χ1) is 9.60. The van der Waals surface area contributed by atoms with E-state index in [9.17, 15) is 0 Å². The van der Waals surface area contributed by atoms with Gasteiger partial charge in [0.2, 0.25) is 5.88 Å². The second kappa shape index (κ2) is 6.21. The Balaban J connectivity index is 2.49. The minimum absolute atomic E-state index is 0.267. The van der Waals surface area contributed by atoms with E-state index < -0.39 is 0 Å². The van der Waals surface area contributed by atoms with Crippen molar-refractivity contribution in [2.75, 3.05) is 0 Å². The number of nitrogens with two attached hydrogens (primary N) is 1. The molecule has 0 unspecified atom stereocenters. The lowest BCUT2D eigenvalue weighted by molar-refractivity contribution is 0.425. The summed E-state index contributed by atoms with van der Waals surface area (Å²) in [6.45, 7) is 5.48. The molecular weight excluding hydrogens is 274 g/mol. The molecule has 0 radical (unpaired) electrons. The number of nitrogens with zero attached hydrogens (tertiary/aromatic N) is 2. The fraction of sp³-hybridized carbons (Fsp3) is 0.0667. The number of halogens is 1. The Morgan fingerprint density at radius 3 is 2.90 bits per heavy atom. The van der Waals surface area contributed by atoms with E-state index >= 15 is 0 Å². The number of ether oxygens (including phenoxy) is 1. The van der Waals surface area contributed by atoms with Gasteiger partial charge in [-0.05, 0) is 19.1 Å². The molecule has 0 aliphatic heterocycles. The fourth-order valence-corrected chi connectivity index (χ4v) is 1.86. The monoisotopic (exact) mass is 287 g/mol. The molecule has 1 aromatic carbocycles. The van der Waals surface area contributed by atoms with Gasteiger partial charge in [0.25, 0.3) is 0 Å². The van der Waals surface area contributed by atoms with Crippen LogP contribution in [0.3, 0.4) is 0 Å². The minimum atomic E-state index is 0.267. The number of aryl methyl sites for hydroxylation is 1. The van der Waals surface area contributed by atoms with Crippen molar-refractivity contribution in [2.24, 2.45) is 10.7 Å². The first kappa shape index (κ1) is 14.1. The van der Waals surface area contributed by atoms with E-state index in [1.807, 2.05) is 37.3 Å². The maximum Gasteiger partial charge on any atom is 0.222 e. The van der Waals surface area contributed by atoms with Crippen molar-refractivity contribution in [1.82, 2.24) is 4.98 Å². The highest BCUT2D eigenvalue weighted by Gasteiger charge is 2.07. The maximum atomic E-state index is 5.76. The number of aliphatic imine (C=N–C) groups is 1. The maximum absolute atomic E-state index is 5.76. The van der Waals surface area contributed by atoms with Crippen molar-refractivity contribution in [3.63, 3.8) is 0 Å². The Morgan fingerprint density at radius 2 is 2.20 bits per heavy atom. The molecule has 0 aliphatic carbocycles. The van der Waals surface area contributed by atoms with Crippen LogP contribution >= 0.6 is 11.6 Å². The number of rotatable bonds is 4. The number of hydrogen-bond donors (Lipinski definition) is 1. The van der Waals surface area contributed by atoms with Crippen molar-refractivity contribution in [3.05, 3.63) is 59.6 Å². The SMILES string of the molecule is C=C(Cl)/C=C(\N=C/N)Oc1cc(C)nc2ccccc12. The Bertz CT molecular complexity index is 707. The predicted molar refractivity (Wildman–Crippen MR) is 82.9 cm³/mol. The molecule has 4 nitrogen and oxygen atoms in total. The van der Waals surface area contributed by atoms with Gasteiger partial charge in [0.05, 0.1) is 11.9 Å². The molecule has 0 atom stereocenters. The summed E-state index contributed by atoms with van der Waals surface area (Å²) in [5.41, 5.74) is 7.00. The number of para-hydroxylation sites is 1. The molecule has 0 aliphatic rings. The molecule has 2 aromatic rings. The summed E-state index contributed by atoms with van der Waals surface area (Å²) in [4.78, 5) is 8.37. The average Bonchev–Trinajstić information content (AvgIpc) is 2.38. The summed E-state index contributed by atoms with van der Waals surface area (Å²) < 4.78 is 5.76. The summed E-state index contributed by atoms with van der Waals surface area (Å²) in [6, 6.07) is 9.52. The highest BCUT2D eigenvalue weighted by atomic mass is 35.5. The Labute approximate surface area is 122 Å². The summed E-state index contributed by atoms with van der Waals surface area (Å²) in [6.07, 6.45) is 2.64. The van der Waals surface area contributed by atoms with E-state index in [0.717, 1.165) is 22.9 Å². The van der Waals surface area contributed by atoms with Gasteiger partial charge in [-0.1, -0.05) is 30.3 Å². The van der Waals surface area contributed by atoms with E-state index in [1.165, 1.54) is 6.08 Å². The van der Waals surface area contributed by atoms with Crippen LogP contribution in [0.5, 0.6) is 5.75 Å².